The summed E-state index contributed by atoms with van der Waals surface area (Å²) in [5, 5.41) is 9.22. The summed E-state index contributed by atoms with van der Waals surface area (Å²) >= 11 is 3.08. The standard InChI is InChI=1S/C11H9BrO7/c1-4(13)19-8-6(12)5(11(14)15)7(16-2)9-10(8)18-3-17-9/h3H2,1-2H3,(H,14,15). The lowest BCUT2D eigenvalue weighted by Crippen LogP contribution is -2.08. The van der Waals surface area contributed by atoms with Gasteiger partial charge in [0.25, 0.3) is 0 Å². The van der Waals surface area contributed by atoms with Crippen LogP contribution in [0.15, 0.2) is 4.47 Å². The number of hydrogen-bond acceptors (Lipinski definition) is 6. The maximum atomic E-state index is 11.3. The molecule has 19 heavy (non-hydrogen) atoms. The number of hydrogen-bond donors (Lipinski definition) is 1. The van der Waals surface area contributed by atoms with Gasteiger partial charge in [0.1, 0.15) is 5.56 Å². The molecule has 1 heterocycles. The minimum absolute atomic E-state index is 0.00257. The van der Waals surface area contributed by atoms with E-state index in [1.165, 1.54) is 14.0 Å². The van der Waals surface area contributed by atoms with Crippen LogP contribution in [0.1, 0.15) is 17.3 Å². The molecule has 0 amide bonds. The van der Waals surface area contributed by atoms with Gasteiger partial charge in [-0.3, -0.25) is 4.79 Å². The topological polar surface area (TPSA) is 91.3 Å². The van der Waals surface area contributed by atoms with Gasteiger partial charge in [-0.25, -0.2) is 4.79 Å². The zero-order valence-corrected chi connectivity index (χ0v) is 11.6. The molecule has 8 heteroatoms. The van der Waals surface area contributed by atoms with Gasteiger partial charge in [-0.05, 0) is 15.9 Å². The second-order valence-electron chi connectivity index (χ2n) is 3.51. The van der Waals surface area contributed by atoms with E-state index in [4.69, 9.17) is 18.9 Å². The summed E-state index contributed by atoms with van der Waals surface area (Å²) in [4.78, 5) is 22.4. The fraction of sp³-hybridized carbons (Fsp3) is 0.273. The summed E-state index contributed by atoms with van der Waals surface area (Å²) in [5.74, 6) is -1.68. The van der Waals surface area contributed by atoms with Gasteiger partial charge in [0.15, 0.2) is 11.5 Å². The van der Waals surface area contributed by atoms with Gasteiger partial charge in [-0.2, -0.15) is 0 Å². The number of fused-ring (bicyclic) bond motifs is 1. The second kappa shape index (κ2) is 4.96. The molecule has 1 aromatic rings. The molecule has 0 radical (unpaired) electrons. The summed E-state index contributed by atoms with van der Waals surface area (Å²) in [5.41, 5.74) is -0.206. The van der Waals surface area contributed by atoms with Crippen LogP contribution in [0, 0.1) is 0 Å². The number of ether oxygens (including phenoxy) is 4. The van der Waals surface area contributed by atoms with Crippen LogP contribution in [-0.2, 0) is 4.79 Å². The highest BCUT2D eigenvalue weighted by atomic mass is 79.9. The van der Waals surface area contributed by atoms with E-state index >= 15 is 0 Å². The Bertz CT molecular complexity index is 567. The molecule has 1 aliphatic heterocycles. The monoisotopic (exact) mass is 332 g/mol. The van der Waals surface area contributed by atoms with Crippen LogP contribution in [0.2, 0.25) is 0 Å². The molecule has 0 fully saturated rings. The van der Waals surface area contributed by atoms with Gasteiger partial charge >= 0.3 is 11.9 Å². The van der Waals surface area contributed by atoms with E-state index in [-0.39, 0.29) is 39.8 Å². The lowest BCUT2D eigenvalue weighted by atomic mass is 10.1. The molecule has 0 bridgehead atoms. The first-order valence-corrected chi connectivity index (χ1v) is 5.87. The SMILES string of the molecule is COc1c2c(c(OC(C)=O)c(Br)c1C(=O)O)OCO2. The average molecular weight is 333 g/mol. The summed E-state index contributed by atoms with van der Waals surface area (Å²) in [7, 11) is 1.31. The van der Waals surface area contributed by atoms with Crippen LogP contribution in [0.3, 0.4) is 0 Å². The summed E-state index contributed by atoms with van der Waals surface area (Å²) in [6.07, 6.45) is 0. The molecule has 1 N–H and O–H groups in total. The number of carboxylic acid groups (broad SMARTS) is 1. The third-order valence-corrected chi connectivity index (χ3v) is 3.09. The van der Waals surface area contributed by atoms with Crippen LogP contribution in [0.5, 0.6) is 23.0 Å². The van der Waals surface area contributed by atoms with Crippen molar-refractivity contribution >= 4 is 27.9 Å². The smallest absolute Gasteiger partial charge is 0.340 e. The van der Waals surface area contributed by atoms with Gasteiger partial charge in [0.2, 0.25) is 18.3 Å². The predicted octanol–water partition coefficient (Wildman–Crippen LogP) is 1.81. The number of carboxylic acids is 1. The fourth-order valence-corrected chi connectivity index (χ4v) is 2.27. The molecule has 0 spiro atoms. The Hall–Kier alpha value is -1.96. The van der Waals surface area contributed by atoms with Crippen molar-refractivity contribution in [3.05, 3.63) is 10.0 Å². The molecule has 2 rings (SSSR count). The number of carbonyl (C=O) groups excluding carboxylic acids is 1. The first kappa shape index (κ1) is 13.5. The Kier molecular flexibility index (Phi) is 3.52. The van der Waals surface area contributed by atoms with E-state index in [0.717, 1.165) is 0 Å². The van der Waals surface area contributed by atoms with Crippen molar-refractivity contribution in [3.63, 3.8) is 0 Å². The van der Waals surface area contributed by atoms with Gasteiger partial charge in [0, 0.05) is 6.92 Å². The summed E-state index contributed by atoms with van der Waals surface area (Å²) in [6, 6.07) is 0. The highest BCUT2D eigenvalue weighted by Gasteiger charge is 2.34. The van der Waals surface area contributed by atoms with Gasteiger partial charge in [-0.1, -0.05) is 0 Å². The van der Waals surface area contributed by atoms with Gasteiger partial charge in [-0.15, -0.1) is 0 Å². The van der Waals surface area contributed by atoms with Gasteiger partial charge < -0.3 is 24.1 Å². The van der Waals surface area contributed by atoms with Crippen molar-refractivity contribution < 1.29 is 33.6 Å². The molecule has 1 aliphatic rings. The van der Waals surface area contributed by atoms with E-state index in [1.807, 2.05) is 0 Å². The summed E-state index contributed by atoms with van der Waals surface area (Å²) in [6.45, 7) is 1.08. The van der Waals surface area contributed by atoms with E-state index in [1.54, 1.807) is 0 Å². The third kappa shape index (κ3) is 2.19. The quantitative estimate of drug-likeness (QED) is 0.666. The number of aromatic carboxylic acids is 1. The molecule has 0 aromatic heterocycles. The number of benzene rings is 1. The zero-order chi connectivity index (χ0) is 14.2. The molecule has 0 atom stereocenters. The molecule has 7 nitrogen and oxygen atoms in total. The van der Waals surface area contributed by atoms with Crippen LogP contribution in [0.4, 0.5) is 0 Å². The van der Waals surface area contributed by atoms with Gasteiger partial charge in [0.05, 0.1) is 11.6 Å². The number of esters is 1. The van der Waals surface area contributed by atoms with Crippen LogP contribution < -0.4 is 18.9 Å². The lowest BCUT2D eigenvalue weighted by molar-refractivity contribution is -0.132. The minimum Gasteiger partial charge on any atom is -0.492 e. The van der Waals surface area contributed by atoms with E-state index in [9.17, 15) is 14.7 Å². The lowest BCUT2D eigenvalue weighted by Gasteiger charge is -2.14. The van der Waals surface area contributed by atoms with E-state index < -0.39 is 11.9 Å². The highest BCUT2D eigenvalue weighted by molar-refractivity contribution is 9.10. The number of methoxy groups -OCH3 is 1. The van der Waals surface area contributed by atoms with Crippen molar-refractivity contribution in [1.82, 2.24) is 0 Å². The first-order valence-electron chi connectivity index (χ1n) is 5.08. The molecule has 1 aromatic carbocycles. The Balaban J connectivity index is 2.75. The first-order chi connectivity index (χ1) is 8.97. The summed E-state index contributed by atoms with van der Waals surface area (Å²) < 4.78 is 20.4. The van der Waals surface area contributed by atoms with Crippen molar-refractivity contribution in [3.8, 4) is 23.0 Å². The molecule has 102 valence electrons. The van der Waals surface area contributed by atoms with Crippen LogP contribution in [-0.4, -0.2) is 30.9 Å². The van der Waals surface area contributed by atoms with Crippen molar-refractivity contribution in [1.29, 1.82) is 0 Å². The molecular weight excluding hydrogens is 324 g/mol. The van der Waals surface area contributed by atoms with Crippen LogP contribution in [0.25, 0.3) is 0 Å². The Morgan fingerprint density at radius 1 is 1.26 bits per heavy atom. The molecule has 0 aliphatic carbocycles. The number of rotatable bonds is 3. The Labute approximate surface area is 116 Å². The van der Waals surface area contributed by atoms with Crippen LogP contribution >= 0.6 is 15.9 Å². The van der Waals surface area contributed by atoms with Crippen molar-refractivity contribution in [2.24, 2.45) is 0 Å². The maximum absolute atomic E-state index is 11.3. The van der Waals surface area contributed by atoms with Crippen molar-refractivity contribution in [2.45, 2.75) is 6.92 Å². The van der Waals surface area contributed by atoms with E-state index in [2.05, 4.69) is 15.9 Å². The fourth-order valence-electron chi connectivity index (χ4n) is 1.66. The number of halogens is 1. The van der Waals surface area contributed by atoms with E-state index in [0.29, 0.717) is 0 Å². The average Bonchev–Trinajstić information content (AvgIpc) is 2.79. The normalized spacial score (nSPS) is 12.2. The number of carbonyl (C=O) groups is 2. The Morgan fingerprint density at radius 3 is 2.32 bits per heavy atom. The third-order valence-electron chi connectivity index (χ3n) is 2.33. The molecular formula is C11H9BrO7. The minimum atomic E-state index is -1.25. The molecule has 0 unspecified atom stereocenters. The predicted molar refractivity (Wildman–Crippen MR) is 65.1 cm³/mol. The highest BCUT2D eigenvalue weighted by Crippen LogP contribution is 2.54. The zero-order valence-electron chi connectivity index (χ0n) is 9.98. The molecule has 0 saturated carbocycles. The van der Waals surface area contributed by atoms with Crippen molar-refractivity contribution in [2.75, 3.05) is 13.9 Å². The molecule has 0 saturated heterocycles. The second-order valence-corrected chi connectivity index (χ2v) is 4.31. The largest absolute Gasteiger partial charge is 0.492 e. The Morgan fingerprint density at radius 2 is 1.84 bits per heavy atom. The maximum Gasteiger partial charge on any atom is 0.340 e.